The molecule has 0 bridgehead atoms. The van der Waals surface area contributed by atoms with Gasteiger partial charge in [0.1, 0.15) is 0 Å². The quantitative estimate of drug-likeness (QED) is 0.470. The van der Waals surface area contributed by atoms with Gasteiger partial charge in [0.2, 0.25) is 12.2 Å². The van der Waals surface area contributed by atoms with Crippen LogP contribution >= 0.6 is 0 Å². The Morgan fingerprint density at radius 2 is 2.03 bits per heavy atom. The predicted octanol–water partition coefficient (Wildman–Crippen LogP) is 1.83. The molecule has 0 atom stereocenters. The van der Waals surface area contributed by atoms with Crippen LogP contribution in [0.4, 0.5) is 0 Å². The van der Waals surface area contributed by atoms with Crippen LogP contribution in [-0.4, -0.2) is 64.8 Å². The Morgan fingerprint density at radius 1 is 1.18 bits per heavy atom. The molecule has 0 saturated heterocycles. The highest BCUT2D eigenvalue weighted by molar-refractivity contribution is 5.95. The summed E-state index contributed by atoms with van der Waals surface area (Å²) in [6.07, 6.45) is 3.52. The van der Waals surface area contributed by atoms with E-state index in [1.165, 1.54) is 29.3 Å². The molecular weight excluding hydrogens is 426 g/mol. The molecule has 33 heavy (non-hydrogen) atoms. The number of aromatic nitrogens is 3. The first-order valence-corrected chi connectivity index (χ1v) is 10.7. The maximum Gasteiger partial charge on any atom is 0.253 e. The molecule has 174 valence electrons. The number of hydrogen-bond acceptors (Lipinski definition) is 7. The zero-order chi connectivity index (χ0) is 23.6. The van der Waals surface area contributed by atoms with Crippen LogP contribution in [-0.2, 0) is 11.3 Å². The molecule has 1 aromatic carbocycles. The van der Waals surface area contributed by atoms with Crippen LogP contribution in [0.25, 0.3) is 11.4 Å². The van der Waals surface area contributed by atoms with E-state index in [0.717, 1.165) is 6.42 Å². The molecule has 3 rings (SSSR count). The summed E-state index contributed by atoms with van der Waals surface area (Å²) in [5, 5.41) is 6.63. The van der Waals surface area contributed by atoms with E-state index in [2.05, 4.69) is 15.5 Å². The van der Waals surface area contributed by atoms with Gasteiger partial charge in [0.25, 0.3) is 17.4 Å². The molecule has 0 fully saturated rings. The number of hydrogen-bond donors (Lipinski definition) is 1. The molecule has 1 N–H and O–H groups in total. The summed E-state index contributed by atoms with van der Waals surface area (Å²) in [4.78, 5) is 43.2. The highest BCUT2D eigenvalue weighted by atomic mass is 16.5. The fourth-order valence-electron chi connectivity index (χ4n) is 3.29. The van der Waals surface area contributed by atoms with Crippen molar-refractivity contribution >= 4 is 11.8 Å². The number of rotatable bonds is 11. The van der Waals surface area contributed by atoms with Gasteiger partial charge in [-0.2, -0.15) is 4.98 Å². The second kappa shape index (κ2) is 11.7. The molecule has 2 amide bonds. The summed E-state index contributed by atoms with van der Waals surface area (Å²) in [7, 11) is 1.55. The average molecular weight is 453 g/mol. The molecule has 0 aliphatic carbocycles. The lowest BCUT2D eigenvalue weighted by Gasteiger charge is -2.22. The minimum atomic E-state index is -0.316. The molecule has 10 heteroatoms. The van der Waals surface area contributed by atoms with E-state index in [-0.39, 0.29) is 23.9 Å². The lowest BCUT2D eigenvalue weighted by molar-refractivity contribution is 0.0748. The van der Waals surface area contributed by atoms with Gasteiger partial charge >= 0.3 is 0 Å². The van der Waals surface area contributed by atoms with Crippen LogP contribution in [0, 0.1) is 0 Å². The summed E-state index contributed by atoms with van der Waals surface area (Å²) < 4.78 is 11.2. The molecule has 0 unspecified atom stereocenters. The molecule has 3 aromatic rings. The molecule has 2 aromatic heterocycles. The summed E-state index contributed by atoms with van der Waals surface area (Å²) in [5.41, 5.74) is 1.35. The van der Waals surface area contributed by atoms with Crippen LogP contribution in [0.3, 0.4) is 0 Å². The first-order chi connectivity index (χ1) is 16.0. The number of carbonyl (C=O) groups is 2. The Kier molecular flexibility index (Phi) is 8.48. The molecule has 0 aliphatic heterocycles. The smallest absolute Gasteiger partial charge is 0.253 e. The number of benzene rings is 1. The van der Waals surface area contributed by atoms with Crippen molar-refractivity contribution in [2.24, 2.45) is 0 Å². The van der Waals surface area contributed by atoms with Crippen molar-refractivity contribution in [2.75, 3.05) is 33.4 Å². The fourth-order valence-corrected chi connectivity index (χ4v) is 3.29. The number of nitrogens with zero attached hydrogens (tertiary/aromatic N) is 4. The van der Waals surface area contributed by atoms with Gasteiger partial charge < -0.3 is 24.0 Å². The molecule has 0 radical (unpaired) electrons. The lowest BCUT2D eigenvalue weighted by Crippen LogP contribution is -2.39. The zero-order valence-electron chi connectivity index (χ0n) is 18.7. The first kappa shape index (κ1) is 23.9. The molecule has 10 nitrogen and oxygen atoms in total. The molecular formula is C23H27N5O5. The predicted molar refractivity (Wildman–Crippen MR) is 121 cm³/mol. The maximum absolute atomic E-state index is 13.1. The summed E-state index contributed by atoms with van der Waals surface area (Å²) in [6, 6.07) is 9.86. The van der Waals surface area contributed by atoms with Gasteiger partial charge in [-0.25, -0.2) is 0 Å². The van der Waals surface area contributed by atoms with Crippen molar-refractivity contribution in [1.82, 2.24) is 24.9 Å². The lowest BCUT2D eigenvalue weighted by atomic mass is 10.1. The van der Waals surface area contributed by atoms with Crippen molar-refractivity contribution in [3.8, 4) is 11.4 Å². The van der Waals surface area contributed by atoms with E-state index in [4.69, 9.17) is 9.26 Å². The highest BCUT2D eigenvalue weighted by Crippen LogP contribution is 2.17. The van der Waals surface area contributed by atoms with E-state index in [1.54, 1.807) is 36.3 Å². The number of methoxy groups -OCH3 is 1. The largest absolute Gasteiger partial charge is 0.383 e. The van der Waals surface area contributed by atoms with Crippen LogP contribution in [0.5, 0.6) is 0 Å². The van der Waals surface area contributed by atoms with Crippen molar-refractivity contribution in [3.63, 3.8) is 0 Å². The number of carbonyl (C=O) groups excluding carboxylic acids is 2. The van der Waals surface area contributed by atoms with E-state index in [0.29, 0.717) is 48.8 Å². The Hall–Kier alpha value is -3.79. The number of ether oxygens (including phenoxy) is 1. The van der Waals surface area contributed by atoms with Gasteiger partial charge in [-0.15, -0.1) is 0 Å². The Bertz CT molecular complexity index is 1130. The summed E-state index contributed by atoms with van der Waals surface area (Å²) in [5.74, 6) is -0.0560. The van der Waals surface area contributed by atoms with E-state index in [1.807, 2.05) is 6.92 Å². The van der Waals surface area contributed by atoms with Crippen molar-refractivity contribution < 1.29 is 18.8 Å². The third kappa shape index (κ3) is 6.36. The second-order valence-corrected chi connectivity index (χ2v) is 7.33. The molecule has 2 heterocycles. The van der Waals surface area contributed by atoms with Gasteiger partial charge in [0.05, 0.1) is 12.2 Å². The average Bonchev–Trinajstić information content (AvgIpc) is 3.37. The number of amides is 2. The van der Waals surface area contributed by atoms with Gasteiger partial charge in [-0.1, -0.05) is 24.2 Å². The zero-order valence-corrected chi connectivity index (χ0v) is 18.7. The van der Waals surface area contributed by atoms with Gasteiger partial charge in [0.15, 0.2) is 0 Å². The standard InChI is InChI=1S/C23H27N5O5/c1-3-10-27(23(31)18-6-4-5-17(14-18)21-25-16-33-26-21)11-9-24-22(30)19-7-8-20(29)28(15-19)12-13-32-2/h4-8,14-16H,3,9-13H2,1-2H3,(H,24,30). The first-order valence-electron chi connectivity index (χ1n) is 10.7. The highest BCUT2D eigenvalue weighted by Gasteiger charge is 2.17. The Labute approximate surface area is 191 Å². The Morgan fingerprint density at radius 3 is 2.76 bits per heavy atom. The van der Waals surface area contributed by atoms with Gasteiger partial charge in [-0.3, -0.25) is 14.4 Å². The monoisotopic (exact) mass is 453 g/mol. The van der Waals surface area contributed by atoms with Crippen molar-refractivity contribution in [1.29, 1.82) is 0 Å². The topological polar surface area (TPSA) is 120 Å². The SMILES string of the molecule is CCCN(CCNC(=O)c1ccc(=O)n(CCOC)c1)C(=O)c1cccc(-c2ncon2)c1. The minimum absolute atomic E-state index is 0.149. The van der Waals surface area contributed by atoms with Crippen LogP contribution in [0.15, 0.2) is 58.3 Å². The van der Waals surface area contributed by atoms with Gasteiger partial charge in [-0.05, 0) is 24.6 Å². The van der Waals surface area contributed by atoms with Crippen LogP contribution in [0.1, 0.15) is 34.1 Å². The maximum atomic E-state index is 13.1. The van der Waals surface area contributed by atoms with Gasteiger partial charge in [0, 0.05) is 56.7 Å². The minimum Gasteiger partial charge on any atom is -0.383 e. The third-order valence-electron chi connectivity index (χ3n) is 4.96. The van der Waals surface area contributed by atoms with Crippen LogP contribution < -0.4 is 10.9 Å². The fraction of sp³-hybridized carbons (Fsp3) is 0.348. The second-order valence-electron chi connectivity index (χ2n) is 7.33. The van der Waals surface area contributed by atoms with E-state index < -0.39 is 0 Å². The number of pyridine rings is 1. The molecule has 0 spiro atoms. The van der Waals surface area contributed by atoms with E-state index in [9.17, 15) is 14.4 Å². The normalized spacial score (nSPS) is 10.7. The van der Waals surface area contributed by atoms with Crippen LogP contribution in [0.2, 0.25) is 0 Å². The van der Waals surface area contributed by atoms with E-state index >= 15 is 0 Å². The van der Waals surface area contributed by atoms with Crippen molar-refractivity contribution in [3.05, 3.63) is 70.5 Å². The third-order valence-corrected chi connectivity index (χ3v) is 4.96. The van der Waals surface area contributed by atoms with Crippen molar-refractivity contribution in [2.45, 2.75) is 19.9 Å². The summed E-state index contributed by atoms with van der Waals surface area (Å²) >= 11 is 0. The number of nitrogens with one attached hydrogen (secondary N) is 1. The Balaban J connectivity index is 1.63. The molecule has 0 saturated carbocycles. The summed E-state index contributed by atoms with van der Waals surface area (Å²) in [6.45, 7) is 3.87. The molecule has 0 aliphatic rings.